The van der Waals surface area contributed by atoms with Crippen LogP contribution in [-0.4, -0.2) is 0 Å². The third kappa shape index (κ3) is 15.6. The molecule has 0 bridgehead atoms. The van der Waals surface area contributed by atoms with Crippen LogP contribution in [0, 0.1) is 11.8 Å². The Bertz CT molecular complexity index is 772. The van der Waals surface area contributed by atoms with Gasteiger partial charge in [-0.2, -0.15) is 11.3 Å². The van der Waals surface area contributed by atoms with Gasteiger partial charge in [-0.1, -0.05) is 46.6 Å². The Hall–Kier alpha value is -1.78. The highest BCUT2D eigenvalue weighted by Crippen LogP contribution is 2.15. The van der Waals surface area contributed by atoms with Crippen LogP contribution in [0.3, 0.4) is 0 Å². The molecule has 1 heteroatoms. The summed E-state index contributed by atoms with van der Waals surface area (Å²) >= 11 is 1.79. The van der Waals surface area contributed by atoms with Crippen molar-refractivity contribution in [1.29, 1.82) is 0 Å². The first-order valence-electron chi connectivity index (χ1n) is 12.0. The van der Waals surface area contributed by atoms with Gasteiger partial charge in [-0.25, -0.2) is 0 Å². The van der Waals surface area contributed by atoms with Crippen molar-refractivity contribution >= 4 is 11.3 Å². The zero-order valence-corrected chi connectivity index (χ0v) is 21.5. The number of rotatable bonds is 15. The summed E-state index contributed by atoms with van der Waals surface area (Å²) in [6, 6.07) is 2.24. The number of thiophene rings is 1. The molecule has 1 aromatic rings. The van der Waals surface area contributed by atoms with Crippen molar-refractivity contribution < 1.29 is 0 Å². The van der Waals surface area contributed by atoms with Crippen LogP contribution >= 0.6 is 11.3 Å². The number of hydrogen-bond acceptors (Lipinski definition) is 1. The molecule has 0 atom stereocenters. The van der Waals surface area contributed by atoms with Crippen molar-refractivity contribution in [3.8, 4) is 11.8 Å². The standard InChI is InChI=1S/C30H44S/c1-6-7-8-9-14-26(2)15-10-16-27(3)17-11-18-28(4)19-12-20-29(5)21-13-22-30-23-24-31-25-30/h15,17,19,21,23-25H,8-14,16,18,20,22H2,1-5H3. The van der Waals surface area contributed by atoms with Gasteiger partial charge >= 0.3 is 0 Å². The van der Waals surface area contributed by atoms with Crippen molar-refractivity contribution in [2.24, 2.45) is 0 Å². The Balaban J connectivity index is 2.17. The molecular formula is C30H44S. The van der Waals surface area contributed by atoms with Crippen molar-refractivity contribution in [2.75, 3.05) is 0 Å². The lowest BCUT2D eigenvalue weighted by Crippen LogP contribution is -1.84. The lowest BCUT2D eigenvalue weighted by molar-refractivity contribution is 0.832. The Kier molecular flexibility index (Phi) is 15.7. The van der Waals surface area contributed by atoms with E-state index in [0.717, 1.165) is 12.8 Å². The SMILES string of the molecule is CC#CCCCC(C)=CCCC(C)=CCCC(C)=CCCC(C)=CCCc1ccsc1. The molecule has 1 heterocycles. The molecule has 0 unspecified atom stereocenters. The summed E-state index contributed by atoms with van der Waals surface area (Å²) in [5.41, 5.74) is 7.56. The van der Waals surface area contributed by atoms with Crippen LogP contribution < -0.4 is 0 Å². The van der Waals surface area contributed by atoms with E-state index in [-0.39, 0.29) is 0 Å². The summed E-state index contributed by atoms with van der Waals surface area (Å²) < 4.78 is 0. The second-order valence-corrected chi connectivity index (χ2v) is 9.55. The normalized spacial score (nSPS) is 13.3. The highest BCUT2D eigenvalue weighted by molar-refractivity contribution is 7.07. The van der Waals surface area contributed by atoms with Gasteiger partial charge in [-0.15, -0.1) is 11.8 Å². The fraction of sp³-hybridized carbons (Fsp3) is 0.533. The predicted octanol–water partition coefficient (Wildman–Crippen LogP) is 10.0. The number of unbranched alkanes of at least 4 members (excludes halogenated alkanes) is 1. The first-order chi connectivity index (χ1) is 15.0. The maximum Gasteiger partial charge on any atom is 0.00916 e. The third-order valence-electron chi connectivity index (χ3n) is 5.65. The Labute approximate surface area is 197 Å². The molecule has 0 aliphatic carbocycles. The molecule has 0 amide bonds. The molecule has 1 rings (SSSR count). The van der Waals surface area contributed by atoms with Gasteiger partial charge in [0.2, 0.25) is 0 Å². The highest BCUT2D eigenvalue weighted by atomic mass is 32.1. The molecule has 31 heavy (non-hydrogen) atoms. The highest BCUT2D eigenvalue weighted by Gasteiger charge is 1.96. The van der Waals surface area contributed by atoms with Crippen molar-refractivity contribution in [2.45, 2.75) is 105 Å². The quantitative estimate of drug-likeness (QED) is 0.146. The van der Waals surface area contributed by atoms with E-state index in [9.17, 15) is 0 Å². The monoisotopic (exact) mass is 436 g/mol. The molecule has 0 aromatic carbocycles. The van der Waals surface area contributed by atoms with E-state index < -0.39 is 0 Å². The van der Waals surface area contributed by atoms with Crippen LogP contribution in [0.2, 0.25) is 0 Å². The fourth-order valence-corrected chi connectivity index (χ4v) is 4.25. The van der Waals surface area contributed by atoms with Crippen LogP contribution in [0.5, 0.6) is 0 Å². The van der Waals surface area contributed by atoms with Gasteiger partial charge in [-0.05, 0) is 121 Å². The Morgan fingerprint density at radius 3 is 1.77 bits per heavy atom. The molecule has 0 aliphatic rings. The van der Waals surface area contributed by atoms with Crippen LogP contribution in [0.25, 0.3) is 0 Å². The van der Waals surface area contributed by atoms with E-state index in [2.05, 4.69) is 80.7 Å². The lowest BCUT2D eigenvalue weighted by atomic mass is 10.0. The van der Waals surface area contributed by atoms with Crippen LogP contribution in [0.1, 0.15) is 104 Å². The van der Waals surface area contributed by atoms with E-state index >= 15 is 0 Å². The summed E-state index contributed by atoms with van der Waals surface area (Å²) in [7, 11) is 0. The maximum absolute atomic E-state index is 3.15. The van der Waals surface area contributed by atoms with Gasteiger partial charge in [0.05, 0.1) is 0 Å². The summed E-state index contributed by atoms with van der Waals surface area (Å²) in [5, 5.41) is 4.43. The predicted molar refractivity (Wildman–Crippen MR) is 143 cm³/mol. The molecule has 1 aromatic heterocycles. The fourth-order valence-electron chi connectivity index (χ4n) is 3.55. The zero-order chi connectivity index (χ0) is 22.7. The molecule has 0 radical (unpaired) electrons. The van der Waals surface area contributed by atoms with E-state index in [1.54, 1.807) is 11.3 Å². The molecular weight excluding hydrogens is 392 g/mol. The minimum Gasteiger partial charge on any atom is -0.152 e. The first kappa shape index (κ1) is 27.3. The van der Waals surface area contributed by atoms with Gasteiger partial charge < -0.3 is 0 Å². The maximum atomic E-state index is 3.15. The number of allylic oxidation sites excluding steroid dienone is 8. The molecule has 0 N–H and O–H groups in total. The van der Waals surface area contributed by atoms with Crippen LogP contribution in [0.15, 0.2) is 63.4 Å². The number of hydrogen-bond donors (Lipinski definition) is 0. The van der Waals surface area contributed by atoms with Gasteiger partial charge in [0.25, 0.3) is 0 Å². The van der Waals surface area contributed by atoms with Gasteiger partial charge in [0, 0.05) is 6.42 Å². The van der Waals surface area contributed by atoms with Gasteiger partial charge in [0.15, 0.2) is 0 Å². The molecule has 0 aliphatic heterocycles. The van der Waals surface area contributed by atoms with E-state index in [1.165, 1.54) is 85.6 Å². The Morgan fingerprint density at radius 1 is 0.774 bits per heavy atom. The van der Waals surface area contributed by atoms with E-state index in [1.807, 2.05) is 6.92 Å². The largest absolute Gasteiger partial charge is 0.152 e. The van der Waals surface area contributed by atoms with Crippen molar-refractivity contribution in [1.82, 2.24) is 0 Å². The average Bonchev–Trinajstić information content (AvgIpc) is 3.25. The van der Waals surface area contributed by atoms with E-state index in [0.29, 0.717) is 0 Å². The summed E-state index contributed by atoms with van der Waals surface area (Å²) in [6.45, 7) is 11.0. The third-order valence-corrected chi connectivity index (χ3v) is 6.38. The van der Waals surface area contributed by atoms with E-state index in [4.69, 9.17) is 0 Å². The summed E-state index contributed by atoms with van der Waals surface area (Å²) in [4.78, 5) is 0. The minimum atomic E-state index is 1.03. The second-order valence-electron chi connectivity index (χ2n) is 8.77. The molecule has 0 fully saturated rings. The topological polar surface area (TPSA) is 0 Å². The van der Waals surface area contributed by atoms with Crippen molar-refractivity contribution in [3.63, 3.8) is 0 Å². The van der Waals surface area contributed by atoms with Crippen LogP contribution in [0.4, 0.5) is 0 Å². The average molecular weight is 437 g/mol. The zero-order valence-electron chi connectivity index (χ0n) is 20.7. The summed E-state index contributed by atoms with van der Waals surface area (Å²) in [5.74, 6) is 6.12. The molecule has 0 spiro atoms. The smallest absolute Gasteiger partial charge is 0.00916 e. The summed E-state index contributed by atoms with van der Waals surface area (Å²) in [6.07, 6.45) is 22.5. The van der Waals surface area contributed by atoms with Crippen molar-refractivity contribution in [3.05, 3.63) is 69.0 Å². The van der Waals surface area contributed by atoms with Gasteiger partial charge in [-0.3, -0.25) is 0 Å². The first-order valence-corrected chi connectivity index (χ1v) is 13.0. The molecule has 170 valence electrons. The second kappa shape index (κ2) is 17.9. The molecule has 0 saturated carbocycles. The lowest BCUT2D eigenvalue weighted by Gasteiger charge is -2.03. The minimum absolute atomic E-state index is 1.03. The molecule has 0 saturated heterocycles. The number of aryl methyl sites for hydroxylation is 1. The Morgan fingerprint density at radius 2 is 1.29 bits per heavy atom. The molecule has 0 nitrogen and oxygen atoms in total. The van der Waals surface area contributed by atoms with Crippen LogP contribution in [-0.2, 0) is 6.42 Å². The van der Waals surface area contributed by atoms with Gasteiger partial charge in [0.1, 0.15) is 0 Å².